The first-order valence-electron chi connectivity index (χ1n) is 4.86. The molecule has 86 valence electrons. The fourth-order valence-corrected chi connectivity index (χ4v) is 1.02. The number of H-pyrrole nitrogens is 1. The molecule has 0 bridgehead atoms. The lowest BCUT2D eigenvalue weighted by Gasteiger charge is -2.05. The van der Waals surface area contributed by atoms with E-state index in [4.69, 9.17) is 4.74 Å². The summed E-state index contributed by atoms with van der Waals surface area (Å²) in [5, 5.41) is 0. The van der Waals surface area contributed by atoms with Crippen molar-refractivity contribution in [2.75, 3.05) is 6.61 Å². The van der Waals surface area contributed by atoms with Crippen molar-refractivity contribution >= 4 is 5.97 Å². The molecule has 4 nitrogen and oxygen atoms in total. The van der Waals surface area contributed by atoms with Crippen LogP contribution in [0.3, 0.4) is 0 Å². The average molecular weight is 277 g/mol. The fourth-order valence-electron chi connectivity index (χ4n) is 1.02. The summed E-state index contributed by atoms with van der Waals surface area (Å²) in [5.74, 6) is 0.387. The van der Waals surface area contributed by atoms with Crippen LogP contribution in [0, 0.1) is 5.92 Å². The molecule has 0 aliphatic rings. The van der Waals surface area contributed by atoms with Crippen LogP contribution in [-0.4, -0.2) is 17.6 Å². The second kappa shape index (κ2) is 7.45. The Morgan fingerprint density at radius 2 is 2.27 bits per heavy atom. The Morgan fingerprint density at radius 3 is 2.80 bits per heavy atom. The van der Waals surface area contributed by atoms with Crippen molar-refractivity contribution in [2.45, 2.75) is 26.8 Å². The molecule has 1 N–H and O–H groups in total. The third-order valence-corrected chi connectivity index (χ3v) is 1.87. The lowest BCUT2D eigenvalue weighted by molar-refractivity contribution is -0.684. The van der Waals surface area contributed by atoms with Gasteiger partial charge in [0, 0.05) is 0 Å². The summed E-state index contributed by atoms with van der Waals surface area (Å²) >= 11 is 0. The number of hydrogen-bond donors (Lipinski definition) is 1. The highest BCUT2D eigenvalue weighted by Crippen LogP contribution is 1.98. The minimum absolute atomic E-state index is 0. The monoisotopic (exact) mass is 276 g/mol. The van der Waals surface area contributed by atoms with Crippen LogP contribution >= 0.6 is 0 Å². The molecule has 5 heteroatoms. The maximum atomic E-state index is 11.2. The molecule has 0 unspecified atom stereocenters. The van der Waals surface area contributed by atoms with Crippen LogP contribution in [0.1, 0.15) is 20.3 Å². The maximum Gasteiger partial charge on any atom is 0.348 e. The van der Waals surface area contributed by atoms with Gasteiger partial charge in [0.25, 0.3) is 0 Å². The molecule has 0 atom stereocenters. The minimum Gasteiger partial charge on any atom is -1.00 e. The van der Waals surface area contributed by atoms with Gasteiger partial charge >= 0.3 is 5.97 Å². The Balaban J connectivity index is 0.00000196. The normalized spacial score (nSPS) is 9.80. The maximum absolute atomic E-state index is 11.2. The lowest BCUT2D eigenvalue weighted by Crippen LogP contribution is -3.00. The van der Waals surface area contributed by atoms with Crippen molar-refractivity contribution in [3.8, 4) is 0 Å². The number of aromatic amines is 1. The third kappa shape index (κ3) is 6.28. The summed E-state index contributed by atoms with van der Waals surface area (Å²) in [6.45, 7) is 5.01. The number of carbonyl (C=O) groups is 1. The summed E-state index contributed by atoms with van der Waals surface area (Å²) in [7, 11) is 0. The van der Waals surface area contributed by atoms with E-state index in [0.29, 0.717) is 12.5 Å². The molecule has 0 aliphatic carbocycles. The molecule has 0 fully saturated rings. The number of hydrogen-bond acceptors (Lipinski definition) is 2. The van der Waals surface area contributed by atoms with Gasteiger partial charge < -0.3 is 21.7 Å². The number of rotatable bonds is 5. The van der Waals surface area contributed by atoms with E-state index < -0.39 is 0 Å². The van der Waals surface area contributed by atoms with E-state index in [1.807, 2.05) is 0 Å². The summed E-state index contributed by atoms with van der Waals surface area (Å²) in [6, 6.07) is 0. The number of nitrogens with one attached hydrogen (secondary N) is 1. The first-order valence-corrected chi connectivity index (χ1v) is 4.86. The zero-order valence-corrected chi connectivity index (χ0v) is 10.7. The van der Waals surface area contributed by atoms with E-state index in [0.717, 1.165) is 6.42 Å². The molecule has 0 aromatic carbocycles. The number of carbonyl (C=O) groups excluding carboxylic acids is 1. The number of ether oxygens (including phenoxy) is 1. The SMILES string of the molecule is CC(C)CCOC(=O)C[n+]1cc[nH]c1.[Br-]. The molecule has 0 saturated heterocycles. The summed E-state index contributed by atoms with van der Waals surface area (Å²) in [4.78, 5) is 14.1. The molecular weight excluding hydrogens is 260 g/mol. The van der Waals surface area contributed by atoms with Crippen molar-refractivity contribution in [3.05, 3.63) is 18.7 Å². The molecule has 1 aromatic heterocycles. The second-order valence-electron chi connectivity index (χ2n) is 3.69. The van der Waals surface area contributed by atoms with Gasteiger partial charge in [0.05, 0.1) is 6.61 Å². The first kappa shape index (κ1) is 14.2. The van der Waals surface area contributed by atoms with Gasteiger partial charge in [-0.2, -0.15) is 0 Å². The lowest BCUT2D eigenvalue weighted by atomic mass is 10.1. The zero-order valence-electron chi connectivity index (χ0n) is 9.07. The Labute approximate surface area is 100 Å². The van der Waals surface area contributed by atoms with E-state index >= 15 is 0 Å². The topological polar surface area (TPSA) is 46.0 Å². The summed E-state index contributed by atoms with van der Waals surface area (Å²) in [5.41, 5.74) is 0. The van der Waals surface area contributed by atoms with E-state index in [2.05, 4.69) is 18.8 Å². The molecule has 15 heavy (non-hydrogen) atoms. The van der Waals surface area contributed by atoms with Crippen molar-refractivity contribution in [2.24, 2.45) is 5.92 Å². The number of imidazole rings is 1. The van der Waals surface area contributed by atoms with Gasteiger partial charge in [-0.3, -0.25) is 4.98 Å². The van der Waals surface area contributed by atoms with Crippen LogP contribution in [-0.2, 0) is 16.1 Å². The molecule has 0 aliphatic heterocycles. The first-order chi connectivity index (χ1) is 6.68. The van der Waals surface area contributed by atoms with E-state index in [-0.39, 0.29) is 29.5 Å². The predicted molar refractivity (Wildman–Crippen MR) is 51.4 cm³/mol. The molecule has 0 saturated carbocycles. The molecule has 1 heterocycles. The largest absolute Gasteiger partial charge is 1.00 e. The van der Waals surface area contributed by atoms with Crippen LogP contribution in [0.4, 0.5) is 0 Å². The number of esters is 1. The Hall–Kier alpha value is -0.840. The standard InChI is InChI=1S/C10H16N2O2.BrH/c1-9(2)3-6-14-10(13)7-12-5-4-11-8-12;/h4-5,8-9H,3,6-7H2,1-2H3;1H. The smallest absolute Gasteiger partial charge is 0.348 e. The fraction of sp³-hybridized carbons (Fsp3) is 0.600. The van der Waals surface area contributed by atoms with Gasteiger partial charge in [0.1, 0.15) is 12.4 Å². The second-order valence-corrected chi connectivity index (χ2v) is 3.69. The highest BCUT2D eigenvalue weighted by Gasteiger charge is 2.07. The van der Waals surface area contributed by atoms with Gasteiger partial charge in [-0.1, -0.05) is 13.8 Å². The van der Waals surface area contributed by atoms with Crippen molar-refractivity contribution < 1.29 is 31.1 Å². The highest BCUT2D eigenvalue weighted by atomic mass is 79.9. The van der Waals surface area contributed by atoms with Crippen molar-refractivity contribution in [1.29, 1.82) is 0 Å². The molecule has 1 aromatic rings. The van der Waals surface area contributed by atoms with Crippen molar-refractivity contribution in [1.82, 2.24) is 4.98 Å². The highest BCUT2D eigenvalue weighted by molar-refractivity contribution is 5.67. The summed E-state index contributed by atoms with van der Waals surface area (Å²) in [6.07, 6.45) is 6.21. The van der Waals surface area contributed by atoms with Crippen LogP contribution in [0.15, 0.2) is 18.7 Å². The Kier molecular flexibility index (Phi) is 7.03. The van der Waals surface area contributed by atoms with E-state index in [1.165, 1.54) is 0 Å². The van der Waals surface area contributed by atoms with E-state index in [1.54, 1.807) is 23.3 Å². The summed E-state index contributed by atoms with van der Waals surface area (Å²) < 4.78 is 6.80. The van der Waals surface area contributed by atoms with Gasteiger partial charge in [-0.15, -0.1) is 0 Å². The Morgan fingerprint density at radius 1 is 1.53 bits per heavy atom. The van der Waals surface area contributed by atoms with Gasteiger partial charge in [-0.05, 0) is 12.3 Å². The van der Waals surface area contributed by atoms with E-state index in [9.17, 15) is 4.79 Å². The van der Waals surface area contributed by atoms with Crippen LogP contribution < -0.4 is 21.5 Å². The van der Waals surface area contributed by atoms with Gasteiger partial charge in [0.15, 0.2) is 6.54 Å². The average Bonchev–Trinajstić information content (AvgIpc) is 2.56. The van der Waals surface area contributed by atoms with Crippen molar-refractivity contribution in [3.63, 3.8) is 0 Å². The minimum atomic E-state index is -0.185. The molecule has 0 spiro atoms. The van der Waals surface area contributed by atoms with Crippen LogP contribution in [0.2, 0.25) is 0 Å². The van der Waals surface area contributed by atoms with Crippen LogP contribution in [0.25, 0.3) is 0 Å². The van der Waals surface area contributed by atoms with Gasteiger partial charge in [-0.25, -0.2) is 9.36 Å². The van der Waals surface area contributed by atoms with Crippen LogP contribution in [0.5, 0.6) is 0 Å². The molecule has 1 rings (SSSR count). The number of aromatic nitrogens is 2. The quantitative estimate of drug-likeness (QED) is 0.495. The number of halogens is 1. The number of nitrogens with zero attached hydrogens (tertiary/aromatic N) is 1. The molecule has 0 amide bonds. The zero-order chi connectivity index (χ0) is 10.4. The molecular formula is C10H17BrN2O2. The third-order valence-electron chi connectivity index (χ3n) is 1.87. The Bertz CT molecular complexity index is 273. The molecule has 0 radical (unpaired) electrons. The van der Waals surface area contributed by atoms with Gasteiger partial charge in [0.2, 0.25) is 6.33 Å². The predicted octanol–water partition coefficient (Wildman–Crippen LogP) is -2.10.